The van der Waals surface area contributed by atoms with Crippen molar-refractivity contribution in [2.45, 2.75) is 38.4 Å². The van der Waals surface area contributed by atoms with Gasteiger partial charge in [0.1, 0.15) is 0 Å². The minimum absolute atomic E-state index is 0.0101. The van der Waals surface area contributed by atoms with Gasteiger partial charge in [0.2, 0.25) is 5.91 Å². The monoisotopic (exact) mass is 471 g/mol. The quantitative estimate of drug-likeness (QED) is 0.614. The van der Waals surface area contributed by atoms with Gasteiger partial charge >= 0.3 is 0 Å². The number of rotatable bonds is 4. The lowest BCUT2D eigenvalue weighted by Gasteiger charge is -2.43. The molecule has 2 aromatic carbocycles. The first kappa shape index (κ1) is 21.6. The summed E-state index contributed by atoms with van der Waals surface area (Å²) in [5.74, 6) is 0.241. The van der Waals surface area contributed by atoms with Crippen molar-refractivity contribution in [3.05, 3.63) is 58.3 Å². The van der Waals surface area contributed by atoms with E-state index in [9.17, 15) is 4.79 Å². The van der Waals surface area contributed by atoms with E-state index in [1.807, 2.05) is 23.4 Å². The Hall–Kier alpha value is -2.28. The summed E-state index contributed by atoms with van der Waals surface area (Å²) in [5, 5.41) is 4.51. The molecular formula is C24H27Cl2N5O. The minimum atomic E-state index is 0.0101. The zero-order chi connectivity index (χ0) is 22.4. The second-order valence-corrected chi connectivity index (χ2v) is 9.63. The highest BCUT2D eigenvalue weighted by Gasteiger charge is 2.34. The van der Waals surface area contributed by atoms with E-state index in [1.165, 1.54) is 0 Å². The van der Waals surface area contributed by atoms with Crippen LogP contribution in [0.25, 0.3) is 11.0 Å². The number of carbonyl (C=O) groups is 1. The van der Waals surface area contributed by atoms with Crippen LogP contribution < -0.4 is 10.2 Å². The highest BCUT2D eigenvalue weighted by atomic mass is 35.5. The van der Waals surface area contributed by atoms with E-state index in [0.29, 0.717) is 10.0 Å². The molecule has 6 nitrogen and oxygen atoms in total. The number of nitrogens with one attached hydrogen (secondary N) is 1. The Bertz CT molecular complexity index is 1160. The maximum Gasteiger partial charge on any atom is 0.240 e. The number of imidazole rings is 1. The van der Waals surface area contributed by atoms with Crippen LogP contribution in [0.3, 0.4) is 0 Å². The molecule has 2 fully saturated rings. The molecule has 2 aliphatic heterocycles. The standard InChI is InChI=1S/C24H27Cl2N5O/c1-15-13-29(9-10-30(15)24(32)22-7-8-27-22)18-4-6-21-23(12-18)31(14-28-21)16(2)19-5-3-17(25)11-20(19)26/h3-6,11-12,14-16,22,27H,7-10,13H2,1-2H3. The van der Waals surface area contributed by atoms with E-state index in [1.54, 1.807) is 6.07 Å². The van der Waals surface area contributed by atoms with Crippen molar-refractivity contribution in [2.24, 2.45) is 0 Å². The van der Waals surface area contributed by atoms with E-state index in [0.717, 1.165) is 54.9 Å². The van der Waals surface area contributed by atoms with Gasteiger partial charge in [0.05, 0.1) is 29.4 Å². The second kappa shape index (κ2) is 8.58. The molecule has 1 amide bonds. The molecule has 32 heavy (non-hydrogen) atoms. The van der Waals surface area contributed by atoms with Gasteiger partial charge in [0, 0.05) is 41.4 Å². The number of anilines is 1. The molecule has 3 heterocycles. The fraction of sp³-hybridized carbons (Fsp3) is 0.417. The molecular weight excluding hydrogens is 445 g/mol. The van der Waals surface area contributed by atoms with Gasteiger partial charge in [-0.25, -0.2) is 4.98 Å². The van der Waals surface area contributed by atoms with E-state index < -0.39 is 0 Å². The topological polar surface area (TPSA) is 53.4 Å². The van der Waals surface area contributed by atoms with Gasteiger partial charge in [0.25, 0.3) is 0 Å². The first-order valence-electron chi connectivity index (χ1n) is 11.1. The van der Waals surface area contributed by atoms with Crippen molar-refractivity contribution in [1.29, 1.82) is 0 Å². The summed E-state index contributed by atoms with van der Waals surface area (Å²) in [7, 11) is 0. The summed E-state index contributed by atoms with van der Waals surface area (Å²) in [6.45, 7) is 7.57. The zero-order valence-corrected chi connectivity index (χ0v) is 19.8. The number of hydrogen-bond donors (Lipinski definition) is 1. The molecule has 0 radical (unpaired) electrons. The molecule has 3 atom stereocenters. The Morgan fingerprint density at radius 2 is 2.00 bits per heavy atom. The summed E-state index contributed by atoms with van der Waals surface area (Å²) >= 11 is 12.6. The third-order valence-corrected chi connectivity index (χ3v) is 7.35. The van der Waals surface area contributed by atoms with Gasteiger partial charge in [-0.1, -0.05) is 29.3 Å². The van der Waals surface area contributed by atoms with E-state index in [4.69, 9.17) is 23.2 Å². The molecule has 1 aromatic heterocycles. The highest BCUT2D eigenvalue weighted by Crippen LogP contribution is 2.32. The number of piperazine rings is 1. The average molecular weight is 472 g/mol. The van der Waals surface area contributed by atoms with Crippen LogP contribution in [0.15, 0.2) is 42.7 Å². The Morgan fingerprint density at radius 3 is 2.69 bits per heavy atom. The number of aromatic nitrogens is 2. The normalized spacial score (nSPS) is 22.1. The lowest BCUT2D eigenvalue weighted by molar-refractivity contribution is -0.137. The third-order valence-electron chi connectivity index (χ3n) is 6.79. The lowest BCUT2D eigenvalue weighted by atomic mass is 10.0. The summed E-state index contributed by atoms with van der Waals surface area (Å²) < 4.78 is 2.15. The molecule has 2 aliphatic rings. The molecule has 8 heteroatoms. The third kappa shape index (κ3) is 3.85. The number of benzene rings is 2. The minimum Gasteiger partial charge on any atom is -0.368 e. The molecule has 5 rings (SSSR count). The number of nitrogens with zero attached hydrogens (tertiary/aromatic N) is 4. The summed E-state index contributed by atoms with van der Waals surface area (Å²) in [5.41, 5.74) is 4.16. The first-order chi connectivity index (χ1) is 15.4. The van der Waals surface area contributed by atoms with Crippen LogP contribution in [0.5, 0.6) is 0 Å². The van der Waals surface area contributed by atoms with E-state index in [-0.39, 0.29) is 24.0 Å². The Morgan fingerprint density at radius 1 is 1.19 bits per heavy atom. The fourth-order valence-electron chi connectivity index (χ4n) is 4.73. The summed E-state index contributed by atoms with van der Waals surface area (Å²) in [4.78, 5) is 21.7. The van der Waals surface area contributed by atoms with Crippen molar-refractivity contribution < 1.29 is 4.79 Å². The lowest BCUT2D eigenvalue weighted by Crippen LogP contribution is -2.61. The maximum absolute atomic E-state index is 12.7. The van der Waals surface area contributed by atoms with Gasteiger partial charge in [-0.2, -0.15) is 0 Å². The van der Waals surface area contributed by atoms with Crippen LogP contribution >= 0.6 is 23.2 Å². The molecule has 0 saturated carbocycles. The molecule has 2 saturated heterocycles. The smallest absolute Gasteiger partial charge is 0.240 e. The first-order valence-corrected chi connectivity index (χ1v) is 11.9. The Balaban J connectivity index is 1.38. The number of amides is 1. The molecule has 0 spiro atoms. The predicted octanol–water partition coefficient (Wildman–Crippen LogP) is 4.35. The van der Waals surface area contributed by atoms with E-state index in [2.05, 4.69) is 51.8 Å². The molecule has 0 aliphatic carbocycles. The highest BCUT2D eigenvalue weighted by molar-refractivity contribution is 6.35. The van der Waals surface area contributed by atoms with Crippen LogP contribution in [0, 0.1) is 0 Å². The van der Waals surface area contributed by atoms with Gasteiger partial charge in [0.15, 0.2) is 0 Å². The van der Waals surface area contributed by atoms with Crippen molar-refractivity contribution in [3.63, 3.8) is 0 Å². The van der Waals surface area contributed by atoms with Crippen LogP contribution in [0.2, 0.25) is 10.0 Å². The van der Waals surface area contributed by atoms with Gasteiger partial charge < -0.3 is 19.7 Å². The fourth-order valence-corrected chi connectivity index (χ4v) is 5.30. The number of hydrogen-bond acceptors (Lipinski definition) is 4. The van der Waals surface area contributed by atoms with Crippen molar-refractivity contribution in [1.82, 2.24) is 19.8 Å². The number of fused-ring (bicyclic) bond motifs is 1. The molecule has 1 N–H and O–H groups in total. The number of halogens is 2. The van der Waals surface area contributed by atoms with Crippen LogP contribution in [-0.4, -0.2) is 58.6 Å². The van der Waals surface area contributed by atoms with Crippen LogP contribution in [-0.2, 0) is 4.79 Å². The zero-order valence-electron chi connectivity index (χ0n) is 18.3. The summed E-state index contributed by atoms with van der Waals surface area (Å²) in [6, 6.07) is 12.2. The van der Waals surface area contributed by atoms with E-state index >= 15 is 0 Å². The predicted molar refractivity (Wildman–Crippen MR) is 130 cm³/mol. The Labute approximate surface area is 198 Å². The maximum atomic E-state index is 12.7. The molecule has 3 unspecified atom stereocenters. The van der Waals surface area contributed by atoms with Crippen molar-refractivity contribution >= 4 is 45.8 Å². The van der Waals surface area contributed by atoms with Crippen molar-refractivity contribution in [2.75, 3.05) is 31.1 Å². The van der Waals surface area contributed by atoms with Gasteiger partial charge in [-0.3, -0.25) is 4.79 Å². The molecule has 168 valence electrons. The second-order valence-electron chi connectivity index (χ2n) is 8.79. The average Bonchev–Trinajstić information content (AvgIpc) is 3.15. The van der Waals surface area contributed by atoms with Gasteiger partial charge in [-0.05, 0) is 62.7 Å². The SMILES string of the molecule is CC1CN(c2ccc3ncn(C(C)c4ccc(Cl)cc4Cl)c3c2)CCN1C(=O)C1CCN1. The van der Waals surface area contributed by atoms with Crippen LogP contribution in [0.4, 0.5) is 5.69 Å². The van der Waals surface area contributed by atoms with Crippen LogP contribution in [0.1, 0.15) is 31.9 Å². The van der Waals surface area contributed by atoms with Crippen molar-refractivity contribution in [3.8, 4) is 0 Å². The largest absolute Gasteiger partial charge is 0.368 e. The number of carbonyl (C=O) groups excluding carboxylic acids is 1. The molecule has 0 bridgehead atoms. The summed E-state index contributed by atoms with van der Waals surface area (Å²) in [6.07, 6.45) is 2.82. The molecule has 3 aromatic rings. The Kier molecular flexibility index (Phi) is 5.78. The van der Waals surface area contributed by atoms with Gasteiger partial charge in [-0.15, -0.1) is 0 Å².